The van der Waals surface area contributed by atoms with Gasteiger partial charge >= 0.3 is 0 Å². The molecule has 0 spiro atoms. The number of methoxy groups -OCH3 is 1. The Kier molecular flexibility index (Phi) is 8.01. The minimum atomic E-state index is 0.900. The predicted molar refractivity (Wildman–Crippen MR) is 63.2 cm³/mol. The molecule has 80 valence electrons. The Hall–Kier alpha value is -0.980. The lowest BCUT2D eigenvalue weighted by atomic mass is 10.1. The van der Waals surface area contributed by atoms with Crippen molar-refractivity contribution in [3.05, 3.63) is 36.1 Å². The molecule has 1 nitrogen and oxygen atoms in total. The second-order valence-corrected chi connectivity index (χ2v) is 3.35. The van der Waals surface area contributed by atoms with Gasteiger partial charge in [-0.1, -0.05) is 44.9 Å². The molecule has 0 aliphatic carbocycles. The molecule has 0 amide bonds. The van der Waals surface area contributed by atoms with Crippen LogP contribution in [0.1, 0.15) is 39.5 Å². The average Bonchev–Trinajstić information content (AvgIpc) is 2.17. The zero-order valence-corrected chi connectivity index (χ0v) is 9.68. The molecule has 0 aliphatic rings. The van der Waals surface area contributed by atoms with Crippen molar-refractivity contribution < 1.29 is 4.74 Å². The van der Waals surface area contributed by atoms with Crippen molar-refractivity contribution in [2.75, 3.05) is 7.11 Å². The molecule has 0 aromatic heterocycles. The molecule has 0 aromatic carbocycles. The van der Waals surface area contributed by atoms with Crippen LogP contribution in [0.2, 0.25) is 0 Å². The van der Waals surface area contributed by atoms with E-state index in [1.54, 1.807) is 7.11 Å². The number of unbranched alkanes of at least 4 members (excludes halogenated alkanes) is 1. The summed E-state index contributed by atoms with van der Waals surface area (Å²) >= 11 is 0. The zero-order chi connectivity index (χ0) is 10.8. The zero-order valence-electron chi connectivity index (χ0n) is 9.68. The molecule has 1 heteroatoms. The van der Waals surface area contributed by atoms with Crippen molar-refractivity contribution in [3.63, 3.8) is 0 Å². The lowest BCUT2D eigenvalue weighted by molar-refractivity contribution is 0.306. The monoisotopic (exact) mass is 194 g/mol. The van der Waals surface area contributed by atoms with Gasteiger partial charge in [-0.3, -0.25) is 0 Å². The van der Waals surface area contributed by atoms with E-state index in [-0.39, 0.29) is 0 Å². The summed E-state index contributed by atoms with van der Waals surface area (Å²) in [6, 6.07) is 0. The van der Waals surface area contributed by atoms with Crippen LogP contribution in [0.4, 0.5) is 0 Å². The molecular formula is C13H22O. The maximum Gasteiger partial charge on any atom is 0.118 e. The van der Waals surface area contributed by atoms with Gasteiger partial charge in [0.15, 0.2) is 0 Å². The molecule has 0 heterocycles. The van der Waals surface area contributed by atoms with E-state index in [1.165, 1.54) is 6.42 Å². The first-order valence-electron chi connectivity index (χ1n) is 5.34. The van der Waals surface area contributed by atoms with Crippen LogP contribution in [-0.2, 0) is 4.74 Å². The molecule has 0 saturated heterocycles. The Labute approximate surface area is 88.2 Å². The highest BCUT2D eigenvalue weighted by molar-refractivity contribution is 5.24. The van der Waals surface area contributed by atoms with Gasteiger partial charge in [-0.05, 0) is 25.0 Å². The van der Waals surface area contributed by atoms with Crippen molar-refractivity contribution in [2.45, 2.75) is 39.5 Å². The van der Waals surface area contributed by atoms with Crippen molar-refractivity contribution in [1.82, 2.24) is 0 Å². The van der Waals surface area contributed by atoms with Crippen LogP contribution >= 0.6 is 0 Å². The molecular weight excluding hydrogens is 172 g/mol. The molecule has 0 aromatic rings. The Morgan fingerprint density at radius 3 is 2.50 bits per heavy atom. The minimum absolute atomic E-state index is 0.900. The van der Waals surface area contributed by atoms with E-state index in [0.29, 0.717) is 0 Å². The van der Waals surface area contributed by atoms with Crippen LogP contribution in [-0.4, -0.2) is 7.11 Å². The van der Waals surface area contributed by atoms with Gasteiger partial charge in [0.2, 0.25) is 0 Å². The van der Waals surface area contributed by atoms with Gasteiger partial charge < -0.3 is 4.74 Å². The van der Waals surface area contributed by atoms with Crippen LogP contribution in [0.15, 0.2) is 36.1 Å². The molecule has 0 fully saturated rings. The second-order valence-electron chi connectivity index (χ2n) is 3.35. The fraction of sp³-hybridized carbons (Fsp3) is 0.538. The third kappa shape index (κ3) is 6.53. The number of allylic oxidation sites excluding steroid dienone is 4. The summed E-state index contributed by atoms with van der Waals surface area (Å²) in [5.41, 5.74) is 1.13. The van der Waals surface area contributed by atoms with Crippen molar-refractivity contribution >= 4 is 0 Å². The van der Waals surface area contributed by atoms with Crippen LogP contribution < -0.4 is 0 Å². The largest absolute Gasteiger partial charge is 0.497 e. The molecule has 0 atom stereocenters. The van der Waals surface area contributed by atoms with Gasteiger partial charge in [0, 0.05) is 0 Å². The molecule has 14 heavy (non-hydrogen) atoms. The predicted octanol–water partition coefficient (Wildman–Crippen LogP) is 4.23. The molecule has 0 unspecified atom stereocenters. The average molecular weight is 194 g/mol. The number of ether oxygens (including phenoxy) is 1. The van der Waals surface area contributed by atoms with E-state index in [0.717, 1.165) is 30.6 Å². The van der Waals surface area contributed by atoms with Crippen LogP contribution in [0, 0.1) is 0 Å². The first kappa shape index (κ1) is 13.0. The van der Waals surface area contributed by atoms with Gasteiger partial charge in [-0.25, -0.2) is 0 Å². The highest BCUT2D eigenvalue weighted by Crippen LogP contribution is 2.09. The van der Waals surface area contributed by atoms with Crippen molar-refractivity contribution in [3.8, 4) is 0 Å². The second kappa shape index (κ2) is 8.61. The first-order valence-corrected chi connectivity index (χ1v) is 5.34. The Bertz CT molecular complexity index is 211. The summed E-state index contributed by atoms with van der Waals surface area (Å²) in [6.07, 6.45) is 10.6. The van der Waals surface area contributed by atoms with Crippen LogP contribution in [0.3, 0.4) is 0 Å². The number of hydrogen-bond donors (Lipinski definition) is 0. The van der Waals surface area contributed by atoms with E-state index in [4.69, 9.17) is 4.74 Å². The molecule has 0 radical (unpaired) electrons. The van der Waals surface area contributed by atoms with E-state index in [1.807, 2.05) is 12.2 Å². The normalized spacial score (nSPS) is 12.1. The van der Waals surface area contributed by atoms with Crippen LogP contribution in [0.5, 0.6) is 0 Å². The molecule has 0 bridgehead atoms. The minimum Gasteiger partial charge on any atom is -0.497 e. The smallest absolute Gasteiger partial charge is 0.118 e. The summed E-state index contributed by atoms with van der Waals surface area (Å²) in [4.78, 5) is 0. The molecule has 0 N–H and O–H groups in total. The Balaban J connectivity index is 4.17. The topological polar surface area (TPSA) is 9.23 Å². The van der Waals surface area contributed by atoms with E-state index >= 15 is 0 Å². The van der Waals surface area contributed by atoms with Gasteiger partial charge in [0.25, 0.3) is 0 Å². The number of hydrogen-bond acceptors (Lipinski definition) is 1. The van der Waals surface area contributed by atoms with Gasteiger partial charge in [-0.15, -0.1) is 0 Å². The summed E-state index contributed by atoms with van der Waals surface area (Å²) in [5, 5.41) is 0. The van der Waals surface area contributed by atoms with Crippen molar-refractivity contribution in [2.24, 2.45) is 0 Å². The SMILES string of the molecule is C=C(/C=C(\C=C/CCC)OC)CCC. The van der Waals surface area contributed by atoms with Crippen molar-refractivity contribution in [1.29, 1.82) is 0 Å². The van der Waals surface area contributed by atoms with E-state index in [9.17, 15) is 0 Å². The summed E-state index contributed by atoms with van der Waals surface area (Å²) < 4.78 is 5.23. The molecule has 0 rings (SSSR count). The fourth-order valence-corrected chi connectivity index (χ4v) is 1.14. The summed E-state index contributed by atoms with van der Waals surface area (Å²) in [6.45, 7) is 8.28. The fourth-order valence-electron chi connectivity index (χ4n) is 1.14. The van der Waals surface area contributed by atoms with E-state index in [2.05, 4.69) is 26.5 Å². The standard InChI is InChI=1S/C13H22O/c1-5-7-8-10-13(14-4)11-12(3)9-6-2/h8,10-11H,3,5-7,9H2,1-2,4H3/b10-8-,13-11+. The number of rotatable bonds is 7. The highest BCUT2D eigenvalue weighted by Gasteiger charge is 1.92. The maximum absolute atomic E-state index is 5.23. The van der Waals surface area contributed by atoms with Gasteiger partial charge in [0.1, 0.15) is 5.76 Å². The first-order chi connectivity index (χ1) is 6.74. The van der Waals surface area contributed by atoms with Crippen LogP contribution in [0.25, 0.3) is 0 Å². The lowest BCUT2D eigenvalue weighted by Crippen LogP contribution is -1.84. The molecule has 0 aliphatic heterocycles. The third-order valence-corrected chi connectivity index (χ3v) is 1.89. The summed E-state index contributed by atoms with van der Waals surface area (Å²) in [7, 11) is 1.70. The maximum atomic E-state index is 5.23. The Morgan fingerprint density at radius 2 is 2.00 bits per heavy atom. The third-order valence-electron chi connectivity index (χ3n) is 1.89. The van der Waals surface area contributed by atoms with Gasteiger partial charge in [0.05, 0.1) is 7.11 Å². The van der Waals surface area contributed by atoms with E-state index < -0.39 is 0 Å². The highest BCUT2D eigenvalue weighted by atomic mass is 16.5. The van der Waals surface area contributed by atoms with Gasteiger partial charge in [-0.2, -0.15) is 0 Å². The lowest BCUT2D eigenvalue weighted by Gasteiger charge is -2.02. The molecule has 0 saturated carbocycles. The Morgan fingerprint density at radius 1 is 1.29 bits per heavy atom. The summed E-state index contributed by atoms with van der Waals surface area (Å²) in [5.74, 6) is 0.900. The quantitative estimate of drug-likeness (QED) is 0.435.